The van der Waals surface area contributed by atoms with Crippen molar-refractivity contribution in [1.82, 2.24) is 4.90 Å². The van der Waals surface area contributed by atoms with Gasteiger partial charge in [0.05, 0.1) is 32.6 Å². The number of hydrogen-bond acceptors (Lipinski definition) is 7. The molecule has 3 unspecified atom stereocenters. The molecule has 1 aromatic rings. The Morgan fingerprint density at radius 3 is 2.40 bits per heavy atom. The van der Waals surface area contributed by atoms with E-state index in [4.69, 9.17) is 19.0 Å². The lowest BCUT2D eigenvalue weighted by Gasteiger charge is -2.30. The molecular formula is C18H24N2O5. The SMILES string of the molecule is COc1cc(C(=O)ON=C2CC3CCN(C2)C3C)cc(OC)c1OC. The monoisotopic (exact) mass is 348 g/mol. The van der Waals surface area contributed by atoms with Crippen LogP contribution in [0, 0.1) is 5.92 Å². The lowest BCUT2D eigenvalue weighted by atomic mass is 9.92. The fraction of sp³-hybridized carbons (Fsp3) is 0.556. The van der Waals surface area contributed by atoms with Gasteiger partial charge >= 0.3 is 5.97 Å². The van der Waals surface area contributed by atoms with Crippen molar-refractivity contribution in [2.24, 2.45) is 11.1 Å². The van der Waals surface area contributed by atoms with Crippen LogP contribution in [0.2, 0.25) is 0 Å². The van der Waals surface area contributed by atoms with Crippen LogP contribution in [-0.4, -0.2) is 57.0 Å². The van der Waals surface area contributed by atoms with Gasteiger partial charge in [-0.1, -0.05) is 5.16 Å². The van der Waals surface area contributed by atoms with Crippen LogP contribution in [0.1, 0.15) is 30.1 Å². The molecule has 7 nitrogen and oxygen atoms in total. The molecule has 2 fully saturated rings. The Hall–Kier alpha value is -2.28. The first-order valence-electron chi connectivity index (χ1n) is 8.38. The number of carbonyl (C=O) groups is 1. The number of hydrogen-bond donors (Lipinski definition) is 0. The molecule has 3 rings (SSSR count). The van der Waals surface area contributed by atoms with Crippen LogP contribution in [0.15, 0.2) is 17.3 Å². The third-order valence-corrected chi connectivity index (χ3v) is 5.09. The first kappa shape index (κ1) is 17.5. The Balaban J connectivity index is 1.74. The maximum Gasteiger partial charge on any atom is 0.365 e. The maximum atomic E-state index is 12.4. The molecule has 2 bridgehead atoms. The van der Waals surface area contributed by atoms with E-state index in [1.165, 1.54) is 27.8 Å². The minimum atomic E-state index is -0.548. The minimum absolute atomic E-state index is 0.298. The van der Waals surface area contributed by atoms with Gasteiger partial charge in [-0.15, -0.1) is 0 Å². The van der Waals surface area contributed by atoms with E-state index in [2.05, 4.69) is 17.0 Å². The molecule has 136 valence electrons. The van der Waals surface area contributed by atoms with Crippen LogP contribution in [0.3, 0.4) is 0 Å². The van der Waals surface area contributed by atoms with E-state index in [0.29, 0.717) is 34.8 Å². The second-order valence-electron chi connectivity index (χ2n) is 6.41. The van der Waals surface area contributed by atoms with Crippen molar-refractivity contribution < 1.29 is 23.8 Å². The molecule has 0 amide bonds. The van der Waals surface area contributed by atoms with E-state index in [1.54, 1.807) is 12.1 Å². The summed E-state index contributed by atoms with van der Waals surface area (Å²) in [7, 11) is 4.51. The Kier molecular flexibility index (Phi) is 5.13. The summed E-state index contributed by atoms with van der Waals surface area (Å²) >= 11 is 0. The molecule has 1 aromatic carbocycles. The number of fused-ring (bicyclic) bond motifs is 2. The third-order valence-electron chi connectivity index (χ3n) is 5.09. The summed E-state index contributed by atoms with van der Waals surface area (Å²) in [6, 6.07) is 3.70. The molecule has 3 atom stereocenters. The molecule has 2 aliphatic rings. The summed E-state index contributed by atoms with van der Waals surface area (Å²) in [5, 5.41) is 4.10. The van der Waals surface area contributed by atoms with Crippen molar-refractivity contribution in [3.63, 3.8) is 0 Å². The van der Waals surface area contributed by atoms with Gasteiger partial charge in [-0.25, -0.2) is 4.79 Å². The van der Waals surface area contributed by atoms with E-state index in [-0.39, 0.29) is 0 Å². The highest BCUT2D eigenvalue weighted by Crippen LogP contribution is 2.38. The van der Waals surface area contributed by atoms with E-state index < -0.39 is 5.97 Å². The lowest BCUT2D eigenvalue weighted by Crippen LogP contribution is -2.40. The van der Waals surface area contributed by atoms with Crippen molar-refractivity contribution >= 4 is 11.7 Å². The van der Waals surface area contributed by atoms with Crippen LogP contribution < -0.4 is 14.2 Å². The van der Waals surface area contributed by atoms with Gasteiger partial charge in [0.25, 0.3) is 0 Å². The molecular weight excluding hydrogens is 324 g/mol. The predicted octanol–water partition coefficient (Wildman–Crippen LogP) is 2.34. The molecule has 0 saturated carbocycles. The number of benzene rings is 1. The highest BCUT2D eigenvalue weighted by Gasteiger charge is 2.36. The van der Waals surface area contributed by atoms with Crippen molar-refractivity contribution in [2.45, 2.75) is 25.8 Å². The Morgan fingerprint density at radius 1 is 1.16 bits per heavy atom. The van der Waals surface area contributed by atoms with E-state index in [9.17, 15) is 4.79 Å². The van der Waals surface area contributed by atoms with Gasteiger partial charge in [0, 0.05) is 12.6 Å². The Labute approximate surface area is 147 Å². The summed E-state index contributed by atoms with van der Waals surface area (Å²) in [6.07, 6.45) is 2.07. The van der Waals surface area contributed by atoms with Gasteiger partial charge in [0.1, 0.15) is 0 Å². The molecule has 0 N–H and O–H groups in total. The lowest BCUT2D eigenvalue weighted by molar-refractivity contribution is 0.0509. The summed E-state index contributed by atoms with van der Waals surface area (Å²) in [4.78, 5) is 19.9. The molecule has 25 heavy (non-hydrogen) atoms. The van der Waals surface area contributed by atoms with Crippen LogP contribution in [0.5, 0.6) is 17.2 Å². The second kappa shape index (κ2) is 7.31. The molecule has 0 spiro atoms. The molecule has 7 heteroatoms. The summed E-state index contributed by atoms with van der Waals surface area (Å²) in [5.74, 6) is 1.29. The number of rotatable bonds is 5. The minimum Gasteiger partial charge on any atom is -0.493 e. The first-order valence-corrected chi connectivity index (χ1v) is 8.38. The quantitative estimate of drug-likeness (QED) is 0.601. The summed E-state index contributed by atoms with van der Waals surface area (Å²) < 4.78 is 15.8. The highest BCUT2D eigenvalue weighted by molar-refractivity contribution is 5.93. The smallest absolute Gasteiger partial charge is 0.365 e. The molecule has 0 aromatic heterocycles. The third kappa shape index (κ3) is 3.42. The number of piperidine rings is 1. The van der Waals surface area contributed by atoms with Crippen LogP contribution in [-0.2, 0) is 4.84 Å². The Morgan fingerprint density at radius 2 is 1.84 bits per heavy atom. The van der Waals surface area contributed by atoms with E-state index >= 15 is 0 Å². The first-order chi connectivity index (χ1) is 12.1. The van der Waals surface area contributed by atoms with Crippen molar-refractivity contribution in [3.8, 4) is 17.2 Å². The van der Waals surface area contributed by atoms with Crippen molar-refractivity contribution in [2.75, 3.05) is 34.4 Å². The molecule has 2 aliphatic heterocycles. The number of methoxy groups -OCH3 is 3. The summed E-state index contributed by atoms with van der Waals surface area (Å²) in [6.45, 7) is 4.10. The van der Waals surface area contributed by atoms with Gasteiger partial charge in [0.2, 0.25) is 5.75 Å². The van der Waals surface area contributed by atoms with E-state index in [1.807, 2.05) is 0 Å². The highest BCUT2D eigenvalue weighted by atomic mass is 16.7. The molecule has 0 radical (unpaired) electrons. The largest absolute Gasteiger partial charge is 0.493 e. The fourth-order valence-electron chi connectivity index (χ4n) is 3.60. The van der Waals surface area contributed by atoms with Gasteiger partial charge < -0.3 is 19.0 Å². The van der Waals surface area contributed by atoms with Gasteiger partial charge in [-0.3, -0.25) is 4.90 Å². The van der Waals surface area contributed by atoms with Gasteiger partial charge in [0.15, 0.2) is 11.5 Å². The van der Waals surface area contributed by atoms with Crippen LogP contribution in [0.4, 0.5) is 0 Å². The molecule has 0 aliphatic carbocycles. The topological polar surface area (TPSA) is 69.6 Å². The number of carbonyl (C=O) groups excluding carboxylic acids is 1. The second-order valence-corrected chi connectivity index (χ2v) is 6.41. The average molecular weight is 348 g/mol. The van der Waals surface area contributed by atoms with Crippen LogP contribution >= 0.6 is 0 Å². The Bertz CT molecular complexity index is 647. The van der Waals surface area contributed by atoms with Gasteiger partial charge in [-0.05, 0) is 44.4 Å². The molecule has 2 heterocycles. The van der Waals surface area contributed by atoms with Gasteiger partial charge in [-0.2, -0.15) is 0 Å². The van der Waals surface area contributed by atoms with E-state index in [0.717, 1.165) is 25.2 Å². The number of ether oxygens (including phenoxy) is 3. The van der Waals surface area contributed by atoms with Crippen molar-refractivity contribution in [3.05, 3.63) is 17.7 Å². The number of nitrogens with zero attached hydrogens (tertiary/aromatic N) is 2. The molecule has 2 saturated heterocycles. The zero-order chi connectivity index (χ0) is 18.0. The zero-order valence-corrected chi connectivity index (χ0v) is 15.1. The number of oxime groups is 1. The standard InChI is InChI=1S/C18H24N2O5/c1-11-12-5-6-20(11)10-14(7-12)19-25-18(21)13-8-15(22-2)17(24-4)16(9-13)23-3/h8-9,11-12H,5-7,10H2,1-4H3. The van der Waals surface area contributed by atoms with Crippen molar-refractivity contribution in [1.29, 1.82) is 0 Å². The van der Waals surface area contributed by atoms with Crippen LogP contribution in [0.25, 0.3) is 0 Å². The normalized spacial score (nSPS) is 26.4. The summed E-state index contributed by atoms with van der Waals surface area (Å²) in [5.41, 5.74) is 1.22. The zero-order valence-electron chi connectivity index (χ0n) is 15.1. The maximum absolute atomic E-state index is 12.4. The average Bonchev–Trinajstić information content (AvgIpc) is 2.85. The predicted molar refractivity (Wildman–Crippen MR) is 92.7 cm³/mol. The fourth-order valence-corrected chi connectivity index (χ4v) is 3.60.